The van der Waals surface area contributed by atoms with Crippen LogP contribution in [0.4, 0.5) is 0 Å². The third kappa shape index (κ3) is 3.44. The number of hydrogen-bond acceptors (Lipinski definition) is 3. The van der Waals surface area contributed by atoms with Crippen molar-refractivity contribution in [3.63, 3.8) is 0 Å². The normalized spacial score (nSPS) is 13.9. The zero-order valence-corrected chi connectivity index (χ0v) is 13.9. The van der Waals surface area contributed by atoms with Gasteiger partial charge in [0, 0.05) is 5.54 Å². The third-order valence-corrected chi connectivity index (χ3v) is 4.58. The zero-order valence-electron chi connectivity index (χ0n) is 13.9. The molecule has 1 aromatic heterocycles. The van der Waals surface area contributed by atoms with Crippen LogP contribution < -0.4 is 5.32 Å². The lowest BCUT2D eigenvalue weighted by Gasteiger charge is -2.47. The monoisotopic (exact) mass is 280 g/mol. The smallest absolute Gasteiger partial charge is 0.122 e. The summed E-state index contributed by atoms with van der Waals surface area (Å²) in [6, 6.07) is 4.36. The van der Waals surface area contributed by atoms with E-state index in [1.54, 1.807) is 6.26 Å². The van der Waals surface area contributed by atoms with E-state index in [9.17, 15) is 0 Å². The Kier molecular flexibility index (Phi) is 7.31. The Morgan fingerprint density at radius 3 is 2.20 bits per heavy atom. The van der Waals surface area contributed by atoms with E-state index in [4.69, 9.17) is 4.42 Å². The summed E-state index contributed by atoms with van der Waals surface area (Å²) in [4.78, 5) is 2.59. The van der Waals surface area contributed by atoms with Crippen LogP contribution in [-0.2, 0) is 0 Å². The Morgan fingerprint density at radius 1 is 1.15 bits per heavy atom. The first-order chi connectivity index (χ1) is 9.69. The van der Waals surface area contributed by atoms with E-state index in [-0.39, 0.29) is 11.6 Å². The maximum absolute atomic E-state index is 5.75. The second kappa shape index (κ2) is 8.48. The highest BCUT2D eigenvalue weighted by Crippen LogP contribution is 2.37. The van der Waals surface area contributed by atoms with Gasteiger partial charge in [0.05, 0.1) is 12.3 Å². The van der Waals surface area contributed by atoms with Gasteiger partial charge in [-0.1, -0.05) is 34.6 Å². The fourth-order valence-corrected chi connectivity index (χ4v) is 3.44. The lowest BCUT2D eigenvalue weighted by molar-refractivity contribution is 0.0409. The molecule has 1 unspecified atom stereocenters. The number of hydrogen-bond donors (Lipinski definition) is 1. The summed E-state index contributed by atoms with van der Waals surface area (Å²) in [6.07, 6.45) is 5.16. The molecule has 0 radical (unpaired) electrons. The highest BCUT2D eigenvalue weighted by Gasteiger charge is 2.41. The summed E-state index contributed by atoms with van der Waals surface area (Å²) in [5, 5.41) is 3.73. The van der Waals surface area contributed by atoms with Crippen LogP contribution in [0, 0.1) is 0 Å². The molecule has 0 saturated heterocycles. The minimum atomic E-state index is 0.122. The molecule has 3 heteroatoms. The molecule has 1 N–H and O–H groups in total. The largest absolute Gasteiger partial charge is 0.468 e. The molecule has 0 aliphatic heterocycles. The van der Waals surface area contributed by atoms with E-state index in [0.717, 1.165) is 44.7 Å². The van der Waals surface area contributed by atoms with Gasteiger partial charge in [0.15, 0.2) is 0 Å². The summed E-state index contributed by atoms with van der Waals surface area (Å²) in [5.74, 6) is 1.06. The predicted octanol–water partition coefficient (Wildman–Crippen LogP) is 4.22. The highest BCUT2D eigenvalue weighted by atomic mass is 16.3. The predicted molar refractivity (Wildman–Crippen MR) is 86.0 cm³/mol. The van der Waals surface area contributed by atoms with Crippen LogP contribution in [0.5, 0.6) is 0 Å². The number of nitrogens with zero attached hydrogens (tertiary/aromatic N) is 1. The van der Waals surface area contributed by atoms with Crippen LogP contribution in [-0.4, -0.2) is 30.1 Å². The molecule has 0 spiro atoms. The molecule has 0 saturated carbocycles. The molecule has 0 aromatic carbocycles. The maximum Gasteiger partial charge on any atom is 0.122 e. The standard InChI is InChI=1S/C17H32N2O/c1-6-13-18-16(15-12-11-14-20-15)17(7-2,8-3)19(9-4)10-5/h11-12,14,16,18H,6-10,13H2,1-5H3. The van der Waals surface area contributed by atoms with Crippen molar-refractivity contribution in [3.05, 3.63) is 24.2 Å². The van der Waals surface area contributed by atoms with Crippen molar-refractivity contribution < 1.29 is 4.42 Å². The Hall–Kier alpha value is -0.800. The molecule has 1 rings (SSSR count). The van der Waals surface area contributed by atoms with Gasteiger partial charge < -0.3 is 9.73 Å². The van der Waals surface area contributed by atoms with E-state index >= 15 is 0 Å². The van der Waals surface area contributed by atoms with Gasteiger partial charge in [0.2, 0.25) is 0 Å². The summed E-state index contributed by atoms with van der Waals surface area (Å²) in [6.45, 7) is 14.5. The van der Waals surface area contributed by atoms with Gasteiger partial charge in [-0.3, -0.25) is 4.90 Å². The first-order valence-corrected chi connectivity index (χ1v) is 8.21. The van der Waals surface area contributed by atoms with Gasteiger partial charge in [-0.05, 0) is 51.0 Å². The van der Waals surface area contributed by atoms with Crippen LogP contribution in [0.2, 0.25) is 0 Å². The Balaban J connectivity index is 3.15. The average molecular weight is 280 g/mol. The fraction of sp³-hybridized carbons (Fsp3) is 0.765. The minimum absolute atomic E-state index is 0.122. The second-order valence-electron chi connectivity index (χ2n) is 5.39. The first kappa shape index (κ1) is 17.3. The molecule has 1 heterocycles. The molecule has 1 aromatic rings. The van der Waals surface area contributed by atoms with Gasteiger partial charge in [-0.25, -0.2) is 0 Å². The molecule has 0 fully saturated rings. The molecule has 0 amide bonds. The molecule has 1 atom stereocenters. The minimum Gasteiger partial charge on any atom is -0.468 e. The first-order valence-electron chi connectivity index (χ1n) is 8.21. The van der Waals surface area contributed by atoms with Gasteiger partial charge in [-0.15, -0.1) is 0 Å². The third-order valence-electron chi connectivity index (χ3n) is 4.58. The van der Waals surface area contributed by atoms with Crippen molar-refractivity contribution in [3.8, 4) is 0 Å². The van der Waals surface area contributed by atoms with Crippen molar-refractivity contribution in [2.45, 2.75) is 65.5 Å². The Labute approximate surface area is 124 Å². The molecule has 0 aliphatic rings. The number of nitrogens with one attached hydrogen (secondary N) is 1. The van der Waals surface area contributed by atoms with Gasteiger partial charge in [0.1, 0.15) is 5.76 Å². The van der Waals surface area contributed by atoms with Crippen molar-refractivity contribution >= 4 is 0 Å². The summed E-state index contributed by atoms with van der Waals surface area (Å²) >= 11 is 0. The molecule has 3 nitrogen and oxygen atoms in total. The van der Waals surface area contributed by atoms with Gasteiger partial charge in [0.25, 0.3) is 0 Å². The Bertz CT molecular complexity index is 340. The van der Waals surface area contributed by atoms with Gasteiger partial charge in [-0.2, -0.15) is 0 Å². The molecule has 0 bridgehead atoms. The van der Waals surface area contributed by atoms with Crippen LogP contribution in [0.15, 0.2) is 22.8 Å². The van der Waals surface area contributed by atoms with E-state index < -0.39 is 0 Å². The van der Waals surface area contributed by atoms with E-state index in [1.807, 2.05) is 6.07 Å². The molecule has 20 heavy (non-hydrogen) atoms. The van der Waals surface area contributed by atoms with Crippen molar-refractivity contribution in [1.82, 2.24) is 10.2 Å². The zero-order chi connectivity index (χ0) is 15.0. The van der Waals surface area contributed by atoms with Crippen molar-refractivity contribution in [1.29, 1.82) is 0 Å². The van der Waals surface area contributed by atoms with E-state index in [2.05, 4.69) is 50.9 Å². The molecular weight excluding hydrogens is 248 g/mol. The summed E-state index contributed by atoms with van der Waals surface area (Å²) < 4.78 is 5.75. The average Bonchev–Trinajstić information content (AvgIpc) is 3.00. The lowest BCUT2D eigenvalue weighted by atomic mass is 9.81. The molecular formula is C17H32N2O. The number of likely N-dealkylation sites (N-methyl/N-ethyl adjacent to an activating group) is 1. The van der Waals surface area contributed by atoms with E-state index in [0.29, 0.717) is 0 Å². The SMILES string of the molecule is CCCNC(c1ccco1)C(CC)(CC)N(CC)CC. The van der Waals surface area contributed by atoms with E-state index in [1.165, 1.54) is 0 Å². The number of rotatable bonds is 10. The quantitative estimate of drug-likeness (QED) is 0.695. The lowest BCUT2D eigenvalue weighted by Crippen LogP contribution is -2.56. The van der Waals surface area contributed by atoms with Crippen LogP contribution in [0.25, 0.3) is 0 Å². The molecule has 116 valence electrons. The van der Waals surface area contributed by atoms with Gasteiger partial charge >= 0.3 is 0 Å². The second-order valence-corrected chi connectivity index (χ2v) is 5.39. The number of furan rings is 1. The maximum atomic E-state index is 5.75. The molecule has 0 aliphatic carbocycles. The fourth-order valence-electron chi connectivity index (χ4n) is 3.44. The topological polar surface area (TPSA) is 28.4 Å². The van der Waals surface area contributed by atoms with Crippen molar-refractivity contribution in [2.75, 3.05) is 19.6 Å². The van der Waals surface area contributed by atoms with Crippen molar-refractivity contribution in [2.24, 2.45) is 0 Å². The highest BCUT2D eigenvalue weighted by molar-refractivity contribution is 5.13. The van der Waals surface area contributed by atoms with Crippen LogP contribution in [0.3, 0.4) is 0 Å². The van der Waals surface area contributed by atoms with Crippen LogP contribution in [0.1, 0.15) is 65.7 Å². The summed E-state index contributed by atoms with van der Waals surface area (Å²) in [5.41, 5.74) is 0.122. The van der Waals surface area contributed by atoms with Crippen LogP contribution >= 0.6 is 0 Å². The Morgan fingerprint density at radius 2 is 1.80 bits per heavy atom. The summed E-state index contributed by atoms with van der Waals surface area (Å²) in [7, 11) is 0.